The zero-order valence-electron chi connectivity index (χ0n) is 14.1. The molecule has 5 nitrogen and oxygen atoms in total. The van der Waals surface area contributed by atoms with E-state index in [1.807, 2.05) is 13.0 Å². The molecular formula is C19H15ClFN3O2. The number of rotatable bonds is 4. The van der Waals surface area contributed by atoms with Crippen molar-refractivity contribution in [3.8, 4) is 11.8 Å². The predicted octanol–water partition coefficient (Wildman–Crippen LogP) is 4.37. The lowest BCUT2D eigenvalue weighted by atomic mass is 10.1. The summed E-state index contributed by atoms with van der Waals surface area (Å²) in [5, 5.41) is 12.9. The van der Waals surface area contributed by atoms with Crippen LogP contribution in [0, 0.1) is 17.1 Å². The summed E-state index contributed by atoms with van der Waals surface area (Å²) >= 11 is 5.83. The van der Waals surface area contributed by atoms with E-state index >= 15 is 0 Å². The van der Waals surface area contributed by atoms with Crippen molar-refractivity contribution >= 4 is 28.2 Å². The molecule has 0 amide bonds. The number of fused-ring (bicyclic) bond motifs is 1. The average Bonchev–Trinajstić information content (AvgIpc) is 2.62. The highest BCUT2D eigenvalue weighted by Gasteiger charge is 2.14. The number of hydrogen-bond donors (Lipinski definition) is 2. The monoisotopic (exact) mass is 371 g/mol. The highest BCUT2D eigenvalue weighted by atomic mass is 35.5. The third kappa shape index (κ3) is 3.35. The summed E-state index contributed by atoms with van der Waals surface area (Å²) in [5.41, 5.74) is 1.66. The summed E-state index contributed by atoms with van der Waals surface area (Å²) in [6.07, 6.45) is 0. The topological polar surface area (TPSA) is 77.9 Å². The van der Waals surface area contributed by atoms with Gasteiger partial charge in [0.25, 0.3) is 5.56 Å². The van der Waals surface area contributed by atoms with E-state index < -0.39 is 5.82 Å². The van der Waals surface area contributed by atoms with E-state index in [2.05, 4.69) is 10.3 Å². The van der Waals surface area contributed by atoms with E-state index in [0.29, 0.717) is 33.5 Å². The molecular weight excluding hydrogens is 357 g/mol. The van der Waals surface area contributed by atoms with Gasteiger partial charge >= 0.3 is 0 Å². The lowest BCUT2D eigenvalue weighted by Crippen LogP contribution is -2.19. The van der Waals surface area contributed by atoms with Crippen molar-refractivity contribution in [1.82, 2.24) is 4.98 Å². The van der Waals surface area contributed by atoms with E-state index in [0.717, 1.165) is 0 Å². The number of aromatic amines is 1. The summed E-state index contributed by atoms with van der Waals surface area (Å²) in [6.45, 7) is 1.83. The van der Waals surface area contributed by atoms with Crippen LogP contribution < -0.4 is 15.6 Å². The number of pyridine rings is 1. The second-order valence-corrected chi connectivity index (χ2v) is 6.21. The summed E-state index contributed by atoms with van der Waals surface area (Å²) in [5.74, 6) is -0.141. The van der Waals surface area contributed by atoms with Crippen LogP contribution in [-0.4, -0.2) is 12.1 Å². The molecule has 0 aliphatic carbocycles. The minimum Gasteiger partial charge on any atom is -0.495 e. The molecule has 0 aliphatic rings. The number of methoxy groups -OCH3 is 1. The van der Waals surface area contributed by atoms with Gasteiger partial charge in [-0.1, -0.05) is 11.6 Å². The van der Waals surface area contributed by atoms with Crippen LogP contribution in [0.5, 0.6) is 5.75 Å². The number of nitrogens with one attached hydrogen (secondary N) is 2. The highest BCUT2D eigenvalue weighted by molar-refractivity contribution is 6.31. The molecule has 7 heteroatoms. The van der Waals surface area contributed by atoms with Crippen LogP contribution in [0.1, 0.15) is 24.1 Å². The normalized spacial score (nSPS) is 11.8. The Balaban J connectivity index is 1.96. The molecule has 0 fully saturated rings. The van der Waals surface area contributed by atoms with Gasteiger partial charge in [0.15, 0.2) is 0 Å². The van der Waals surface area contributed by atoms with E-state index in [9.17, 15) is 9.18 Å². The van der Waals surface area contributed by atoms with Crippen LogP contribution in [0.4, 0.5) is 10.1 Å². The first-order valence-electron chi connectivity index (χ1n) is 7.79. The maximum Gasteiger partial charge on any atom is 0.253 e. The molecule has 26 heavy (non-hydrogen) atoms. The van der Waals surface area contributed by atoms with E-state index in [-0.39, 0.29) is 16.6 Å². The first-order chi connectivity index (χ1) is 12.4. The van der Waals surface area contributed by atoms with Crippen LogP contribution in [0.2, 0.25) is 5.02 Å². The van der Waals surface area contributed by atoms with Gasteiger partial charge in [0.1, 0.15) is 17.6 Å². The van der Waals surface area contributed by atoms with Crippen LogP contribution in [-0.2, 0) is 0 Å². The first-order valence-corrected chi connectivity index (χ1v) is 8.17. The smallest absolute Gasteiger partial charge is 0.253 e. The van der Waals surface area contributed by atoms with Crippen LogP contribution in [0.15, 0.2) is 41.2 Å². The number of aromatic nitrogens is 1. The number of hydrogen-bond acceptors (Lipinski definition) is 4. The molecule has 0 radical (unpaired) electrons. The summed E-state index contributed by atoms with van der Waals surface area (Å²) in [6, 6.07) is 11.1. The molecule has 1 unspecified atom stereocenters. The summed E-state index contributed by atoms with van der Waals surface area (Å²) < 4.78 is 18.7. The van der Waals surface area contributed by atoms with Crippen molar-refractivity contribution in [2.45, 2.75) is 13.0 Å². The maximum atomic E-state index is 13.6. The molecule has 0 aliphatic heterocycles. The number of benzene rings is 2. The summed E-state index contributed by atoms with van der Waals surface area (Å²) in [4.78, 5) is 15.0. The van der Waals surface area contributed by atoms with Crippen LogP contribution >= 0.6 is 11.6 Å². The lowest BCUT2D eigenvalue weighted by molar-refractivity contribution is 0.413. The number of ether oxygens (including phenoxy) is 1. The molecule has 3 rings (SSSR count). The average molecular weight is 372 g/mol. The van der Waals surface area contributed by atoms with Gasteiger partial charge in [-0.3, -0.25) is 4.79 Å². The molecule has 1 atom stereocenters. The minimum absolute atomic E-state index is 0.00654. The van der Waals surface area contributed by atoms with E-state index in [1.54, 1.807) is 24.3 Å². The highest BCUT2D eigenvalue weighted by Crippen LogP contribution is 2.27. The fourth-order valence-electron chi connectivity index (χ4n) is 2.74. The molecule has 1 aromatic heterocycles. The number of halogens is 2. The summed E-state index contributed by atoms with van der Waals surface area (Å²) in [7, 11) is 1.49. The predicted molar refractivity (Wildman–Crippen MR) is 99.3 cm³/mol. The Kier molecular flexibility index (Phi) is 4.83. The van der Waals surface area contributed by atoms with Gasteiger partial charge < -0.3 is 15.0 Å². The standard InChI is InChI=1S/C19H15ClFN3O2/c1-10(23-13-4-3-11(9-22)18(7-13)26-2)14-5-12-6-15(20)16(21)8-17(12)24-19(14)25/h3-8,10,23H,1-2H3,(H,24,25). The third-order valence-corrected chi connectivity index (χ3v) is 4.38. The molecule has 0 saturated heterocycles. The fourth-order valence-corrected chi connectivity index (χ4v) is 2.91. The molecule has 2 N–H and O–H groups in total. The fraction of sp³-hybridized carbons (Fsp3) is 0.158. The van der Waals surface area contributed by atoms with Crippen molar-refractivity contribution in [2.75, 3.05) is 12.4 Å². The molecule has 0 bridgehead atoms. The van der Waals surface area contributed by atoms with Gasteiger partial charge in [-0.15, -0.1) is 0 Å². The number of H-pyrrole nitrogens is 1. The molecule has 132 valence electrons. The van der Waals surface area contributed by atoms with Crippen molar-refractivity contribution in [3.63, 3.8) is 0 Å². The van der Waals surface area contributed by atoms with Crippen molar-refractivity contribution in [3.05, 3.63) is 68.7 Å². The molecule has 1 heterocycles. The molecule has 2 aromatic carbocycles. The maximum absolute atomic E-state index is 13.6. The number of nitrogens with zero attached hydrogens (tertiary/aromatic N) is 1. The third-order valence-electron chi connectivity index (χ3n) is 4.09. The van der Waals surface area contributed by atoms with Crippen molar-refractivity contribution in [1.29, 1.82) is 5.26 Å². The first kappa shape index (κ1) is 17.8. The van der Waals surface area contributed by atoms with E-state index in [4.69, 9.17) is 21.6 Å². The molecule has 3 aromatic rings. The molecule has 0 saturated carbocycles. The lowest BCUT2D eigenvalue weighted by Gasteiger charge is -2.16. The Hall–Kier alpha value is -3.04. The SMILES string of the molecule is COc1cc(NC(C)c2cc3cc(Cl)c(F)cc3[nH]c2=O)ccc1C#N. The van der Waals surface area contributed by atoms with Crippen molar-refractivity contribution in [2.24, 2.45) is 0 Å². The van der Waals surface area contributed by atoms with Crippen LogP contribution in [0.25, 0.3) is 10.9 Å². The van der Waals surface area contributed by atoms with Gasteiger partial charge in [0, 0.05) is 22.7 Å². The largest absolute Gasteiger partial charge is 0.495 e. The Morgan fingerprint density at radius 1 is 1.31 bits per heavy atom. The Bertz CT molecular complexity index is 1090. The number of nitriles is 1. The zero-order valence-corrected chi connectivity index (χ0v) is 14.8. The zero-order chi connectivity index (χ0) is 18.8. The Morgan fingerprint density at radius 2 is 2.08 bits per heavy atom. The van der Waals surface area contributed by atoms with Crippen molar-refractivity contribution < 1.29 is 9.13 Å². The van der Waals surface area contributed by atoms with Gasteiger partial charge in [-0.05, 0) is 37.3 Å². The van der Waals surface area contributed by atoms with E-state index in [1.165, 1.54) is 19.2 Å². The minimum atomic E-state index is -0.585. The van der Waals surface area contributed by atoms with Gasteiger partial charge in [-0.2, -0.15) is 5.26 Å². The quantitative estimate of drug-likeness (QED) is 0.713. The van der Waals surface area contributed by atoms with Gasteiger partial charge in [0.2, 0.25) is 0 Å². The molecule has 0 spiro atoms. The van der Waals surface area contributed by atoms with Crippen LogP contribution in [0.3, 0.4) is 0 Å². The number of anilines is 1. The van der Waals surface area contributed by atoms with Gasteiger partial charge in [0.05, 0.1) is 29.3 Å². The Labute approximate surface area is 154 Å². The van der Waals surface area contributed by atoms with Gasteiger partial charge in [-0.25, -0.2) is 4.39 Å². The Morgan fingerprint density at radius 3 is 2.77 bits per heavy atom. The second kappa shape index (κ2) is 7.06. The second-order valence-electron chi connectivity index (χ2n) is 5.80.